The molecule has 1 heterocycles. The quantitative estimate of drug-likeness (QED) is 0.167. The molecule has 9 atom stereocenters. The van der Waals surface area contributed by atoms with Crippen LogP contribution in [0.25, 0.3) is 0 Å². The zero-order chi connectivity index (χ0) is 33.7. The number of fused-ring (bicyclic) bond motifs is 5. The highest BCUT2D eigenvalue weighted by molar-refractivity contribution is 8.00. The van der Waals surface area contributed by atoms with Crippen LogP contribution in [0.4, 0.5) is 4.39 Å². The number of rotatable bonds is 11. The lowest BCUT2D eigenvalue weighted by Gasteiger charge is -2.62. The van der Waals surface area contributed by atoms with Crippen molar-refractivity contribution in [2.24, 2.45) is 33.7 Å². The van der Waals surface area contributed by atoms with Crippen LogP contribution in [-0.2, 0) is 19.2 Å². The number of imide groups is 1. The van der Waals surface area contributed by atoms with Crippen molar-refractivity contribution in [3.8, 4) is 0 Å². The predicted octanol–water partition coefficient (Wildman–Crippen LogP) is 4.66. The minimum absolute atomic E-state index is 0.00799. The molecule has 3 N–H and O–H groups in total. The van der Waals surface area contributed by atoms with Gasteiger partial charge in [-0.2, -0.15) is 5.10 Å². The predicted molar refractivity (Wildman–Crippen MR) is 175 cm³/mol. The summed E-state index contributed by atoms with van der Waals surface area (Å²) in [6.45, 7) is 9.64. The maximum Gasteiger partial charge on any atom is 0.242 e. The van der Waals surface area contributed by atoms with Gasteiger partial charge in [0, 0.05) is 42.6 Å². The van der Waals surface area contributed by atoms with E-state index >= 15 is 4.39 Å². The molecule has 0 spiro atoms. The smallest absolute Gasteiger partial charge is 0.242 e. The highest BCUT2D eigenvalue weighted by atomic mass is 32.2. The van der Waals surface area contributed by atoms with E-state index in [0.29, 0.717) is 50.8 Å². The molecule has 11 heteroatoms. The maximum absolute atomic E-state index is 17.6. The Morgan fingerprint density at radius 3 is 2.61 bits per heavy atom. The summed E-state index contributed by atoms with van der Waals surface area (Å²) in [5.41, 5.74) is -1.67. The van der Waals surface area contributed by atoms with E-state index in [-0.39, 0.29) is 66.3 Å². The van der Waals surface area contributed by atoms with Crippen LogP contribution in [0.2, 0.25) is 0 Å². The van der Waals surface area contributed by atoms with Crippen LogP contribution in [0.1, 0.15) is 98.8 Å². The molecule has 0 bridgehead atoms. The molecule has 254 valence electrons. The summed E-state index contributed by atoms with van der Waals surface area (Å²) in [6.07, 6.45) is 8.14. The number of likely N-dealkylation sites (tertiary alicyclic amines) is 1. The number of aliphatic hydroxyl groups excluding tert-OH is 1. The number of unbranched alkanes of at least 4 members (excludes halogenated alkanes) is 2. The Balaban J connectivity index is 1.18. The molecule has 1 aliphatic heterocycles. The largest absolute Gasteiger partial charge is 0.390 e. The molecule has 9 nitrogen and oxygen atoms in total. The minimum Gasteiger partial charge on any atom is -0.390 e. The third-order valence-electron chi connectivity index (χ3n) is 12.1. The van der Waals surface area contributed by atoms with Crippen molar-refractivity contribution in [2.45, 2.75) is 121 Å². The van der Waals surface area contributed by atoms with Gasteiger partial charge in [-0.3, -0.25) is 24.1 Å². The van der Waals surface area contributed by atoms with Gasteiger partial charge in [0.15, 0.2) is 11.5 Å². The van der Waals surface area contributed by atoms with Gasteiger partial charge in [-0.15, -0.1) is 11.8 Å². The van der Waals surface area contributed by atoms with E-state index in [1.54, 1.807) is 25.2 Å². The molecule has 1 unspecified atom stereocenters. The van der Waals surface area contributed by atoms with Crippen molar-refractivity contribution in [1.82, 2.24) is 10.3 Å². The molecular weight excluding hydrogens is 609 g/mol. The van der Waals surface area contributed by atoms with E-state index in [0.717, 1.165) is 11.3 Å². The summed E-state index contributed by atoms with van der Waals surface area (Å²) in [6, 6.07) is 0. The Hall–Kier alpha value is -2.37. The molecule has 1 saturated heterocycles. The van der Waals surface area contributed by atoms with Crippen LogP contribution in [0.5, 0.6) is 0 Å². The normalized spacial score (nSPS) is 40.9. The first-order chi connectivity index (χ1) is 21.7. The van der Waals surface area contributed by atoms with Gasteiger partial charge in [0.25, 0.3) is 0 Å². The number of hydrogen-bond donors (Lipinski definition) is 3. The second-order valence-electron chi connectivity index (χ2n) is 14.5. The number of ketones is 1. The van der Waals surface area contributed by atoms with Crippen LogP contribution < -0.4 is 5.43 Å². The fourth-order valence-electron chi connectivity index (χ4n) is 9.62. The third-order valence-corrected chi connectivity index (χ3v) is 13.3. The molecule has 0 aromatic carbocycles. The number of aliphatic hydroxyl groups is 2. The standard InChI is InChI=1S/C35H50FN3O6S/c1-6-27(40)35(45)21(3)17-25-24-13-12-22-18-23(14-15-32(22,4)34(24,36)28(41)20-33(25,35)5)37-38-29(42)11-9-8-10-16-39-30(43)19-26(31(39)44)46-7-2/h14-15,18,21,24-26,28,41,45H,6-13,16-17,19-20H2,1-5H3,(H,38,42)/t21-,24+,25+,26?,28+,32+,33+,34+,35+/m1/s1. The summed E-state index contributed by atoms with van der Waals surface area (Å²) in [7, 11) is 0. The number of nitrogens with zero attached hydrogens (tertiary/aromatic N) is 2. The van der Waals surface area contributed by atoms with Gasteiger partial charge >= 0.3 is 0 Å². The van der Waals surface area contributed by atoms with Crippen LogP contribution >= 0.6 is 11.8 Å². The number of halogens is 1. The van der Waals surface area contributed by atoms with E-state index in [1.807, 2.05) is 27.7 Å². The van der Waals surface area contributed by atoms with E-state index in [9.17, 15) is 29.4 Å². The Kier molecular flexibility index (Phi) is 9.81. The van der Waals surface area contributed by atoms with Crippen LogP contribution in [-0.4, -0.2) is 79.3 Å². The number of thioether (sulfide) groups is 1. The number of alkyl halides is 1. The highest BCUT2D eigenvalue weighted by Crippen LogP contribution is 2.70. The Labute approximate surface area is 275 Å². The summed E-state index contributed by atoms with van der Waals surface area (Å²) in [4.78, 5) is 51.5. The fraction of sp³-hybridized carbons (Fsp3) is 0.743. The van der Waals surface area contributed by atoms with Gasteiger partial charge in [-0.05, 0) is 75.2 Å². The van der Waals surface area contributed by atoms with Crippen molar-refractivity contribution >= 4 is 41.0 Å². The summed E-state index contributed by atoms with van der Waals surface area (Å²) >= 11 is 1.50. The number of allylic oxidation sites excluding steroid dienone is 4. The topological polar surface area (TPSA) is 136 Å². The molecule has 4 fully saturated rings. The number of nitrogens with one attached hydrogen (secondary N) is 1. The first kappa shape index (κ1) is 35.0. The number of carbonyl (C=O) groups is 4. The number of Topliss-reactive ketones (excluding diaryl/α,β-unsaturated/α-hetero) is 1. The Morgan fingerprint density at radius 1 is 1.17 bits per heavy atom. The van der Waals surface area contributed by atoms with E-state index in [4.69, 9.17) is 0 Å². The molecule has 0 aromatic rings. The Morgan fingerprint density at radius 2 is 1.91 bits per heavy atom. The van der Waals surface area contributed by atoms with Gasteiger partial charge in [-0.25, -0.2) is 9.82 Å². The lowest BCUT2D eigenvalue weighted by atomic mass is 9.44. The molecule has 3 saturated carbocycles. The van der Waals surface area contributed by atoms with Crippen molar-refractivity contribution in [2.75, 3.05) is 12.3 Å². The first-order valence-corrected chi connectivity index (χ1v) is 18.1. The Bertz CT molecular complexity index is 1370. The molecular formula is C35H50FN3O6S. The number of hydrazone groups is 1. The third kappa shape index (κ3) is 5.32. The SMILES string of the molecule is CCSC1CC(=O)N(CCCCCC(=O)NN=C2C=C[C@@]3(C)C(=C2)CC[C@H]2[C@@H]4C[C@@H](C)[C@](O)(C(=O)CC)[C@@]4(C)C[C@H](O)[C@@]23F)C1=O. The summed E-state index contributed by atoms with van der Waals surface area (Å²) in [5, 5.41) is 27.4. The first-order valence-electron chi connectivity index (χ1n) is 17.0. The second kappa shape index (κ2) is 12.9. The van der Waals surface area contributed by atoms with E-state index in [1.165, 1.54) is 16.7 Å². The zero-order valence-corrected chi connectivity index (χ0v) is 28.6. The van der Waals surface area contributed by atoms with Crippen LogP contribution in [0, 0.1) is 28.6 Å². The van der Waals surface area contributed by atoms with Gasteiger partial charge in [0.2, 0.25) is 17.7 Å². The molecule has 5 aliphatic rings. The number of amides is 3. The average molecular weight is 660 g/mol. The van der Waals surface area contributed by atoms with Crippen molar-refractivity contribution in [3.05, 3.63) is 23.8 Å². The lowest BCUT2D eigenvalue weighted by Crippen LogP contribution is -2.69. The molecule has 0 aromatic heterocycles. The monoisotopic (exact) mass is 659 g/mol. The van der Waals surface area contributed by atoms with E-state index in [2.05, 4.69) is 10.5 Å². The van der Waals surface area contributed by atoms with Crippen LogP contribution in [0.15, 0.2) is 28.9 Å². The zero-order valence-electron chi connectivity index (χ0n) is 27.8. The van der Waals surface area contributed by atoms with Crippen molar-refractivity contribution < 1.29 is 33.8 Å². The van der Waals surface area contributed by atoms with Gasteiger partial charge in [0.05, 0.1) is 17.1 Å². The maximum atomic E-state index is 17.6. The molecule has 5 rings (SSSR count). The van der Waals surface area contributed by atoms with Gasteiger partial charge in [-0.1, -0.05) is 45.8 Å². The molecule has 4 aliphatic carbocycles. The average Bonchev–Trinajstić information content (AvgIpc) is 3.40. The second-order valence-corrected chi connectivity index (χ2v) is 15.9. The van der Waals surface area contributed by atoms with Gasteiger partial charge < -0.3 is 10.2 Å². The lowest BCUT2D eigenvalue weighted by molar-refractivity contribution is -0.218. The molecule has 0 radical (unpaired) electrons. The van der Waals surface area contributed by atoms with Crippen LogP contribution in [0.3, 0.4) is 0 Å². The van der Waals surface area contributed by atoms with Gasteiger partial charge in [0.1, 0.15) is 5.60 Å². The minimum atomic E-state index is -1.98. The fourth-order valence-corrected chi connectivity index (χ4v) is 10.6. The van der Waals surface area contributed by atoms with Crippen molar-refractivity contribution in [1.29, 1.82) is 0 Å². The van der Waals surface area contributed by atoms with E-state index < -0.39 is 34.1 Å². The molecule has 46 heavy (non-hydrogen) atoms. The number of carbonyl (C=O) groups excluding carboxylic acids is 4. The summed E-state index contributed by atoms with van der Waals surface area (Å²) in [5.74, 6) is -1.02. The number of hydrogen-bond acceptors (Lipinski definition) is 8. The van der Waals surface area contributed by atoms with Crippen molar-refractivity contribution in [3.63, 3.8) is 0 Å². The molecule has 3 amide bonds. The highest BCUT2D eigenvalue weighted by Gasteiger charge is 2.75. The summed E-state index contributed by atoms with van der Waals surface area (Å²) < 4.78 is 17.6.